The van der Waals surface area contributed by atoms with Gasteiger partial charge in [-0.3, -0.25) is 0 Å². The maximum atomic E-state index is 8.56. The van der Waals surface area contributed by atoms with Crippen molar-refractivity contribution in [1.29, 1.82) is 0 Å². The number of rotatable bonds is 10. The molecule has 0 heterocycles. The van der Waals surface area contributed by atoms with E-state index in [-0.39, 0.29) is 6.61 Å². The van der Waals surface area contributed by atoms with Gasteiger partial charge < -0.3 is 20.1 Å². The van der Waals surface area contributed by atoms with Gasteiger partial charge >= 0.3 is 0 Å². The molecule has 2 N–H and O–H groups in total. The first-order valence-electron chi connectivity index (χ1n) is 7.05. The summed E-state index contributed by atoms with van der Waals surface area (Å²) in [6, 6.07) is 8.67. The highest BCUT2D eigenvalue weighted by molar-refractivity contribution is 5.47. The predicted octanol–water partition coefficient (Wildman–Crippen LogP) is 1.63. The number of nitrogens with zero attached hydrogens (tertiary/aromatic N) is 1. The predicted molar refractivity (Wildman–Crippen MR) is 79.6 cm³/mol. The zero-order chi connectivity index (χ0) is 13.9. The van der Waals surface area contributed by atoms with Crippen molar-refractivity contribution in [2.45, 2.75) is 20.4 Å². The van der Waals surface area contributed by atoms with E-state index in [4.69, 9.17) is 9.84 Å². The molecule has 0 aliphatic carbocycles. The first-order valence-corrected chi connectivity index (χ1v) is 7.05. The minimum atomic E-state index is 0.0901. The van der Waals surface area contributed by atoms with E-state index < -0.39 is 0 Å². The van der Waals surface area contributed by atoms with E-state index in [1.807, 2.05) is 0 Å². The largest absolute Gasteiger partial charge is 0.394 e. The molecule has 0 amide bonds. The van der Waals surface area contributed by atoms with E-state index in [1.165, 1.54) is 11.3 Å². The second kappa shape index (κ2) is 9.78. The Bertz CT molecular complexity index is 323. The minimum absolute atomic E-state index is 0.0901. The van der Waals surface area contributed by atoms with Gasteiger partial charge in [0.05, 0.1) is 19.8 Å². The summed E-state index contributed by atoms with van der Waals surface area (Å²) in [6.07, 6.45) is 0. The molecule has 1 rings (SSSR count). The second-order valence-corrected chi connectivity index (χ2v) is 4.35. The maximum Gasteiger partial charge on any atom is 0.0698 e. The molecular formula is C15H26N2O2. The molecule has 0 radical (unpaired) electrons. The van der Waals surface area contributed by atoms with Crippen LogP contribution in [0.5, 0.6) is 0 Å². The standard InChI is InChI=1S/C15H26N2O2/c1-3-17(4-2)15-7-5-14(6-8-15)13-16-9-11-19-12-10-18/h5-8,16,18H,3-4,9-13H2,1-2H3. The van der Waals surface area contributed by atoms with Gasteiger partial charge in [-0.15, -0.1) is 0 Å². The number of aliphatic hydroxyl groups is 1. The van der Waals surface area contributed by atoms with Crippen molar-refractivity contribution in [1.82, 2.24) is 5.32 Å². The van der Waals surface area contributed by atoms with Crippen molar-refractivity contribution in [3.05, 3.63) is 29.8 Å². The lowest BCUT2D eigenvalue weighted by Gasteiger charge is -2.21. The lowest BCUT2D eigenvalue weighted by atomic mass is 10.2. The normalized spacial score (nSPS) is 10.7. The van der Waals surface area contributed by atoms with Crippen LogP contribution in [0.1, 0.15) is 19.4 Å². The van der Waals surface area contributed by atoms with Crippen LogP contribution in [0.4, 0.5) is 5.69 Å². The summed E-state index contributed by atoms with van der Waals surface area (Å²) in [7, 11) is 0. The zero-order valence-corrected chi connectivity index (χ0v) is 12.1. The van der Waals surface area contributed by atoms with Crippen LogP contribution >= 0.6 is 0 Å². The molecule has 19 heavy (non-hydrogen) atoms. The molecular weight excluding hydrogens is 240 g/mol. The van der Waals surface area contributed by atoms with Crippen molar-refractivity contribution < 1.29 is 9.84 Å². The fourth-order valence-electron chi connectivity index (χ4n) is 1.96. The molecule has 108 valence electrons. The molecule has 0 unspecified atom stereocenters. The average Bonchev–Trinajstić information content (AvgIpc) is 2.45. The van der Waals surface area contributed by atoms with Crippen LogP contribution < -0.4 is 10.2 Å². The minimum Gasteiger partial charge on any atom is -0.394 e. The van der Waals surface area contributed by atoms with Crippen molar-refractivity contribution >= 4 is 5.69 Å². The number of hydrogen-bond donors (Lipinski definition) is 2. The van der Waals surface area contributed by atoms with Gasteiger partial charge in [-0.25, -0.2) is 0 Å². The van der Waals surface area contributed by atoms with Gasteiger partial charge in [-0.05, 0) is 31.5 Å². The van der Waals surface area contributed by atoms with E-state index in [9.17, 15) is 0 Å². The maximum absolute atomic E-state index is 8.56. The van der Waals surface area contributed by atoms with Gasteiger partial charge in [0.1, 0.15) is 0 Å². The molecule has 1 aromatic carbocycles. The van der Waals surface area contributed by atoms with E-state index >= 15 is 0 Å². The van der Waals surface area contributed by atoms with Crippen LogP contribution in [0.15, 0.2) is 24.3 Å². The molecule has 0 saturated heterocycles. The zero-order valence-electron chi connectivity index (χ0n) is 12.1. The topological polar surface area (TPSA) is 44.7 Å². The number of benzene rings is 1. The summed E-state index contributed by atoms with van der Waals surface area (Å²) >= 11 is 0. The molecule has 0 spiro atoms. The van der Waals surface area contributed by atoms with Crippen LogP contribution in [-0.4, -0.2) is 44.6 Å². The van der Waals surface area contributed by atoms with E-state index in [0.29, 0.717) is 13.2 Å². The quantitative estimate of drug-likeness (QED) is 0.632. The summed E-state index contributed by atoms with van der Waals surface area (Å²) in [5, 5.41) is 11.9. The molecule has 0 aromatic heterocycles. The summed E-state index contributed by atoms with van der Waals surface area (Å²) in [6.45, 7) is 9.22. The summed E-state index contributed by atoms with van der Waals surface area (Å²) < 4.78 is 5.18. The van der Waals surface area contributed by atoms with Crippen LogP contribution in [0.25, 0.3) is 0 Å². The highest BCUT2D eigenvalue weighted by Gasteiger charge is 2.01. The van der Waals surface area contributed by atoms with Crippen LogP contribution in [-0.2, 0) is 11.3 Å². The lowest BCUT2D eigenvalue weighted by molar-refractivity contribution is 0.0938. The Labute approximate surface area is 116 Å². The number of aliphatic hydroxyl groups excluding tert-OH is 1. The van der Waals surface area contributed by atoms with Crippen molar-refractivity contribution in [2.24, 2.45) is 0 Å². The van der Waals surface area contributed by atoms with Gasteiger partial charge in [0, 0.05) is 31.9 Å². The molecule has 0 aliphatic rings. The van der Waals surface area contributed by atoms with Gasteiger partial charge in [0.15, 0.2) is 0 Å². The Balaban J connectivity index is 2.28. The van der Waals surface area contributed by atoms with Gasteiger partial charge in [0.25, 0.3) is 0 Å². The Kier molecular flexibility index (Phi) is 8.21. The van der Waals surface area contributed by atoms with Crippen LogP contribution in [0, 0.1) is 0 Å². The lowest BCUT2D eigenvalue weighted by Crippen LogP contribution is -2.22. The first-order chi connectivity index (χ1) is 9.31. The Morgan fingerprint density at radius 1 is 1.11 bits per heavy atom. The summed E-state index contributed by atoms with van der Waals surface area (Å²) in [5.41, 5.74) is 2.55. The van der Waals surface area contributed by atoms with Crippen LogP contribution in [0.3, 0.4) is 0 Å². The highest BCUT2D eigenvalue weighted by Crippen LogP contribution is 2.14. The fraction of sp³-hybridized carbons (Fsp3) is 0.600. The van der Waals surface area contributed by atoms with Gasteiger partial charge in [-0.1, -0.05) is 12.1 Å². The SMILES string of the molecule is CCN(CC)c1ccc(CNCCOCCO)cc1. The third kappa shape index (κ3) is 6.05. The van der Waals surface area contributed by atoms with E-state index in [0.717, 1.165) is 26.2 Å². The number of anilines is 1. The number of nitrogens with one attached hydrogen (secondary N) is 1. The Morgan fingerprint density at radius 2 is 1.79 bits per heavy atom. The fourth-order valence-corrected chi connectivity index (χ4v) is 1.96. The van der Waals surface area contributed by atoms with Crippen molar-refractivity contribution in [2.75, 3.05) is 44.4 Å². The third-order valence-corrected chi connectivity index (χ3v) is 3.05. The van der Waals surface area contributed by atoms with Crippen LogP contribution in [0.2, 0.25) is 0 Å². The van der Waals surface area contributed by atoms with E-state index in [1.54, 1.807) is 0 Å². The third-order valence-electron chi connectivity index (χ3n) is 3.05. The van der Waals surface area contributed by atoms with Crippen molar-refractivity contribution in [3.63, 3.8) is 0 Å². The molecule has 4 heteroatoms. The summed E-state index contributed by atoms with van der Waals surface area (Å²) in [5.74, 6) is 0. The number of ether oxygens (including phenoxy) is 1. The average molecular weight is 266 g/mol. The Hall–Kier alpha value is -1.10. The molecule has 0 saturated carbocycles. The molecule has 0 atom stereocenters. The van der Waals surface area contributed by atoms with E-state index in [2.05, 4.69) is 48.3 Å². The smallest absolute Gasteiger partial charge is 0.0698 e. The van der Waals surface area contributed by atoms with Gasteiger partial charge in [0.2, 0.25) is 0 Å². The first kappa shape index (κ1) is 16.0. The molecule has 0 fully saturated rings. The molecule has 0 aliphatic heterocycles. The van der Waals surface area contributed by atoms with Crippen molar-refractivity contribution in [3.8, 4) is 0 Å². The summed E-state index contributed by atoms with van der Waals surface area (Å²) in [4.78, 5) is 2.33. The number of hydrogen-bond acceptors (Lipinski definition) is 4. The second-order valence-electron chi connectivity index (χ2n) is 4.35. The molecule has 1 aromatic rings. The molecule has 0 bridgehead atoms. The Morgan fingerprint density at radius 3 is 2.37 bits per heavy atom. The monoisotopic (exact) mass is 266 g/mol. The molecule has 4 nitrogen and oxygen atoms in total. The highest BCUT2D eigenvalue weighted by atomic mass is 16.5. The van der Waals surface area contributed by atoms with Gasteiger partial charge in [-0.2, -0.15) is 0 Å².